The predicted molar refractivity (Wildman–Crippen MR) is 99.2 cm³/mol. The lowest BCUT2D eigenvalue weighted by atomic mass is 10.2. The zero-order valence-electron chi connectivity index (χ0n) is 14.4. The molecule has 5 rings (SSSR count). The normalized spacial score (nSPS) is 19.2. The predicted octanol–water partition coefficient (Wildman–Crippen LogP) is 2.75. The first-order valence-corrected chi connectivity index (χ1v) is 8.97. The molecule has 7 nitrogen and oxygen atoms in total. The number of hydrogen-bond acceptors (Lipinski definition) is 4. The largest absolute Gasteiger partial charge is 0.365 e. The Balaban J connectivity index is 1.41. The van der Waals surface area contributed by atoms with Gasteiger partial charge in [0.25, 0.3) is 0 Å². The summed E-state index contributed by atoms with van der Waals surface area (Å²) in [6.07, 6.45) is 9.59. The molecule has 2 amide bonds. The molecule has 0 aromatic carbocycles. The topological polar surface area (TPSA) is 65.8 Å². The molecule has 0 spiro atoms. The van der Waals surface area contributed by atoms with Crippen LogP contribution >= 0.6 is 0 Å². The van der Waals surface area contributed by atoms with E-state index in [-0.39, 0.29) is 6.03 Å². The van der Waals surface area contributed by atoms with E-state index in [1.165, 1.54) is 5.69 Å². The van der Waals surface area contributed by atoms with E-state index in [2.05, 4.69) is 26.3 Å². The second-order valence-corrected chi connectivity index (χ2v) is 6.88. The Bertz CT molecular complexity index is 967. The number of nitrogens with one attached hydrogen (secondary N) is 1. The SMILES string of the molecule is O=C(Nc1ccn2ccnc2c1)N1Cc2ncccc2N2CCC[C@H]2C1. The number of fused-ring (bicyclic) bond motifs is 4. The maximum atomic E-state index is 12.9. The molecule has 2 aliphatic rings. The molecule has 1 saturated heterocycles. The monoisotopic (exact) mass is 348 g/mol. The molecule has 3 aromatic heterocycles. The van der Waals surface area contributed by atoms with Gasteiger partial charge in [-0.25, -0.2) is 9.78 Å². The fourth-order valence-corrected chi connectivity index (χ4v) is 4.00. The Hall–Kier alpha value is -3.09. The van der Waals surface area contributed by atoms with Gasteiger partial charge >= 0.3 is 6.03 Å². The van der Waals surface area contributed by atoms with Crippen molar-refractivity contribution in [2.45, 2.75) is 25.4 Å². The molecule has 0 aliphatic carbocycles. The maximum absolute atomic E-state index is 12.9. The van der Waals surface area contributed by atoms with Crippen molar-refractivity contribution in [3.05, 3.63) is 54.7 Å². The van der Waals surface area contributed by atoms with E-state index in [0.717, 1.165) is 36.4 Å². The van der Waals surface area contributed by atoms with Crippen LogP contribution in [0.25, 0.3) is 5.65 Å². The Kier molecular flexibility index (Phi) is 3.51. The van der Waals surface area contributed by atoms with Gasteiger partial charge in [-0.15, -0.1) is 0 Å². The van der Waals surface area contributed by atoms with Gasteiger partial charge in [-0.3, -0.25) is 4.98 Å². The van der Waals surface area contributed by atoms with Gasteiger partial charge in [0, 0.05) is 55.7 Å². The quantitative estimate of drug-likeness (QED) is 0.734. The number of urea groups is 1. The molecule has 1 atom stereocenters. The molecule has 3 aromatic rings. The van der Waals surface area contributed by atoms with E-state index in [0.29, 0.717) is 19.1 Å². The summed E-state index contributed by atoms with van der Waals surface area (Å²) in [5, 5.41) is 3.02. The van der Waals surface area contributed by atoms with Gasteiger partial charge in [-0.05, 0) is 31.0 Å². The summed E-state index contributed by atoms with van der Waals surface area (Å²) in [4.78, 5) is 26.0. The number of rotatable bonds is 1. The van der Waals surface area contributed by atoms with Crippen LogP contribution in [0.4, 0.5) is 16.2 Å². The van der Waals surface area contributed by atoms with E-state index in [1.807, 2.05) is 39.9 Å². The summed E-state index contributed by atoms with van der Waals surface area (Å²) < 4.78 is 1.91. The van der Waals surface area contributed by atoms with Crippen molar-refractivity contribution < 1.29 is 4.79 Å². The third-order valence-electron chi connectivity index (χ3n) is 5.26. The lowest BCUT2D eigenvalue weighted by molar-refractivity contribution is 0.206. The summed E-state index contributed by atoms with van der Waals surface area (Å²) in [7, 11) is 0. The van der Waals surface area contributed by atoms with Crippen LogP contribution in [0, 0.1) is 0 Å². The van der Waals surface area contributed by atoms with Gasteiger partial charge in [-0.2, -0.15) is 0 Å². The first-order valence-electron chi connectivity index (χ1n) is 8.97. The average molecular weight is 348 g/mol. The Morgan fingerprint density at radius 3 is 3.12 bits per heavy atom. The fraction of sp³-hybridized carbons (Fsp3) is 0.316. The third-order valence-corrected chi connectivity index (χ3v) is 5.26. The Labute approximate surface area is 151 Å². The molecular weight excluding hydrogens is 328 g/mol. The smallest absolute Gasteiger partial charge is 0.322 e. The first-order chi connectivity index (χ1) is 12.8. The van der Waals surface area contributed by atoms with Crippen LogP contribution in [-0.2, 0) is 6.54 Å². The first kappa shape index (κ1) is 15.2. The molecular formula is C19H20N6O. The lowest BCUT2D eigenvalue weighted by Crippen LogP contribution is -2.42. The Morgan fingerprint density at radius 1 is 1.19 bits per heavy atom. The van der Waals surface area contributed by atoms with Gasteiger partial charge in [0.1, 0.15) is 5.65 Å². The minimum Gasteiger partial charge on any atom is -0.365 e. The summed E-state index contributed by atoms with van der Waals surface area (Å²) >= 11 is 0. The zero-order valence-corrected chi connectivity index (χ0v) is 14.4. The molecule has 5 heterocycles. The number of carbonyl (C=O) groups is 1. The minimum atomic E-state index is -0.0914. The van der Waals surface area contributed by atoms with E-state index in [9.17, 15) is 4.79 Å². The van der Waals surface area contributed by atoms with Crippen molar-refractivity contribution in [1.29, 1.82) is 0 Å². The molecule has 0 bridgehead atoms. The van der Waals surface area contributed by atoms with Crippen molar-refractivity contribution in [3.63, 3.8) is 0 Å². The van der Waals surface area contributed by atoms with Gasteiger partial charge in [0.2, 0.25) is 0 Å². The number of hydrogen-bond donors (Lipinski definition) is 1. The van der Waals surface area contributed by atoms with Gasteiger partial charge in [-0.1, -0.05) is 0 Å². The van der Waals surface area contributed by atoms with Crippen LogP contribution in [0.2, 0.25) is 0 Å². The second-order valence-electron chi connectivity index (χ2n) is 6.88. The molecule has 7 heteroatoms. The third kappa shape index (κ3) is 2.56. The number of amides is 2. The van der Waals surface area contributed by atoms with E-state index in [1.54, 1.807) is 12.4 Å². The minimum absolute atomic E-state index is 0.0914. The number of nitrogens with zero attached hydrogens (tertiary/aromatic N) is 5. The lowest BCUT2D eigenvalue weighted by Gasteiger charge is -2.27. The van der Waals surface area contributed by atoms with Crippen LogP contribution < -0.4 is 10.2 Å². The highest BCUT2D eigenvalue weighted by Gasteiger charge is 2.33. The zero-order chi connectivity index (χ0) is 17.5. The highest BCUT2D eigenvalue weighted by Crippen LogP contribution is 2.32. The average Bonchev–Trinajstić information content (AvgIpc) is 3.27. The fourth-order valence-electron chi connectivity index (χ4n) is 4.00. The number of aromatic nitrogens is 3. The maximum Gasteiger partial charge on any atom is 0.322 e. The number of anilines is 2. The van der Waals surface area contributed by atoms with Gasteiger partial charge < -0.3 is 19.5 Å². The van der Waals surface area contributed by atoms with Crippen molar-refractivity contribution in [1.82, 2.24) is 19.3 Å². The van der Waals surface area contributed by atoms with Crippen molar-refractivity contribution >= 4 is 23.1 Å². The van der Waals surface area contributed by atoms with E-state index >= 15 is 0 Å². The van der Waals surface area contributed by atoms with E-state index < -0.39 is 0 Å². The molecule has 0 radical (unpaired) electrons. The van der Waals surface area contributed by atoms with Crippen LogP contribution in [0.1, 0.15) is 18.5 Å². The summed E-state index contributed by atoms with van der Waals surface area (Å²) in [6, 6.07) is 8.13. The molecule has 0 unspecified atom stereocenters. The summed E-state index contributed by atoms with van der Waals surface area (Å²) in [5.74, 6) is 0. The molecule has 0 saturated carbocycles. The molecule has 132 valence electrons. The highest BCUT2D eigenvalue weighted by atomic mass is 16.2. The number of carbonyl (C=O) groups excluding carboxylic acids is 1. The number of imidazole rings is 1. The van der Waals surface area contributed by atoms with E-state index in [4.69, 9.17) is 0 Å². The molecule has 26 heavy (non-hydrogen) atoms. The van der Waals surface area contributed by atoms with Crippen LogP contribution in [-0.4, -0.2) is 44.4 Å². The van der Waals surface area contributed by atoms with Gasteiger partial charge in [0.15, 0.2) is 0 Å². The molecule has 1 fully saturated rings. The summed E-state index contributed by atoms with van der Waals surface area (Å²) in [6.45, 7) is 2.28. The van der Waals surface area contributed by atoms with Crippen molar-refractivity contribution in [2.24, 2.45) is 0 Å². The van der Waals surface area contributed by atoms with Crippen molar-refractivity contribution in [3.8, 4) is 0 Å². The van der Waals surface area contributed by atoms with Crippen LogP contribution in [0.3, 0.4) is 0 Å². The Morgan fingerprint density at radius 2 is 2.15 bits per heavy atom. The number of pyridine rings is 2. The second kappa shape index (κ2) is 6.01. The standard InChI is InChI=1S/C19H20N6O/c26-19(22-14-5-9-23-10-7-21-18(23)11-14)24-12-15-3-2-8-25(15)17-4-1-6-20-16(17)13-24/h1,4-7,9-11,15H,2-3,8,12-13H2,(H,22,26)/t15-/m0/s1. The van der Waals surface area contributed by atoms with Crippen LogP contribution in [0.5, 0.6) is 0 Å². The summed E-state index contributed by atoms with van der Waals surface area (Å²) in [5.41, 5.74) is 3.70. The molecule has 2 aliphatic heterocycles. The van der Waals surface area contributed by atoms with Crippen LogP contribution in [0.15, 0.2) is 49.1 Å². The van der Waals surface area contributed by atoms with Crippen molar-refractivity contribution in [2.75, 3.05) is 23.3 Å². The molecule has 1 N–H and O–H groups in total. The highest BCUT2D eigenvalue weighted by molar-refractivity contribution is 5.90. The van der Waals surface area contributed by atoms with Gasteiger partial charge in [0.05, 0.1) is 17.9 Å².